The number of hydrogen-bond acceptors (Lipinski definition) is 5. The van der Waals surface area contributed by atoms with Crippen LogP contribution in [0.25, 0.3) is 16.6 Å². The molecule has 1 aromatic carbocycles. The molecule has 0 saturated carbocycles. The molecule has 1 aliphatic carbocycles. The van der Waals surface area contributed by atoms with Crippen molar-refractivity contribution in [2.75, 3.05) is 0 Å². The van der Waals surface area contributed by atoms with E-state index < -0.39 is 12.5 Å². The van der Waals surface area contributed by atoms with Gasteiger partial charge in [-0.05, 0) is 43.4 Å². The molecule has 3 heterocycles. The van der Waals surface area contributed by atoms with Crippen molar-refractivity contribution in [1.82, 2.24) is 24.5 Å². The van der Waals surface area contributed by atoms with Gasteiger partial charge in [0.2, 0.25) is 0 Å². The van der Waals surface area contributed by atoms with Crippen molar-refractivity contribution in [3.8, 4) is 17.5 Å². The average molecular weight is 434 g/mol. The molecule has 9 heteroatoms. The molecule has 0 spiro atoms. The Hall–Kier alpha value is -3.80. The van der Waals surface area contributed by atoms with Gasteiger partial charge in [0.1, 0.15) is 23.6 Å². The van der Waals surface area contributed by atoms with Gasteiger partial charge < -0.3 is 4.74 Å². The van der Waals surface area contributed by atoms with Crippen LogP contribution in [0.15, 0.2) is 36.9 Å². The third kappa shape index (κ3) is 3.28. The van der Waals surface area contributed by atoms with E-state index >= 15 is 0 Å². The molecule has 3 aromatic heterocycles. The van der Waals surface area contributed by atoms with Crippen molar-refractivity contribution >= 4 is 10.9 Å². The molecule has 1 atom stereocenters. The predicted octanol–water partition coefficient (Wildman–Crippen LogP) is 4.73. The normalized spacial score (nSPS) is 15.7. The maximum absolute atomic E-state index is 13.7. The Kier molecular flexibility index (Phi) is 4.85. The van der Waals surface area contributed by atoms with E-state index in [1.165, 1.54) is 6.20 Å². The Balaban J connectivity index is 1.55. The molecule has 0 aliphatic heterocycles. The van der Waals surface area contributed by atoms with Crippen LogP contribution in [0.2, 0.25) is 0 Å². The summed E-state index contributed by atoms with van der Waals surface area (Å²) >= 11 is 0. The summed E-state index contributed by atoms with van der Waals surface area (Å²) in [6.07, 6.45) is 5.23. The van der Waals surface area contributed by atoms with E-state index in [2.05, 4.69) is 15.2 Å². The van der Waals surface area contributed by atoms with Crippen LogP contribution < -0.4 is 4.74 Å². The fraction of sp³-hybridized carbons (Fsp3) is 0.304. The van der Waals surface area contributed by atoms with Crippen molar-refractivity contribution in [2.24, 2.45) is 7.05 Å². The zero-order valence-electron chi connectivity index (χ0n) is 17.6. The Morgan fingerprint density at radius 2 is 2.06 bits per heavy atom. The number of fused-ring (bicyclic) bond motifs is 2. The maximum Gasteiger partial charge on any atom is 0.265 e. The molecule has 1 aliphatic rings. The van der Waals surface area contributed by atoms with Gasteiger partial charge >= 0.3 is 0 Å². The number of aromatic nitrogens is 5. The Bertz CT molecular complexity index is 1370. The van der Waals surface area contributed by atoms with E-state index in [-0.39, 0.29) is 11.1 Å². The van der Waals surface area contributed by atoms with Crippen LogP contribution in [-0.4, -0.2) is 24.5 Å². The summed E-state index contributed by atoms with van der Waals surface area (Å²) in [4.78, 5) is 4.35. The molecular formula is C23H20F2N6O. The summed E-state index contributed by atoms with van der Waals surface area (Å²) in [5, 5.41) is 18.9. The van der Waals surface area contributed by atoms with Crippen molar-refractivity contribution in [2.45, 2.75) is 38.7 Å². The number of hydrogen-bond donors (Lipinski definition) is 0. The molecular weight excluding hydrogens is 414 g/mol. The van der Waals surface area contributed by atoms with Crippen LogP contribution in [0.4, 0.5) is 8.78 Å². The van der Waals surface area contributed by atoms with Crippen LogP contribution in [0.3, 0.4) is 0 Å². The van der Waals surface area contributed by atoms with Gasteiger partial charge in [-0.15, -0.1) is 0 Å². The predicted molar refractivity (Wildman–Crippen MR) is 113 cm³/mol. The topological polar surface area (TPSA) is 81.6 Å². The third-order valence-corrected chi connectivity index (χ3v) is 5.86. The minimum absolute atomic E-state index is 0.0719. The first kappa shape index (κ1) is 20.1. The molecule has 0 bridgehead atoms. The number of pyridine rings is 1. The van der Waals surface area contributed by atoms with E-state index in [0.29, 0.717) is 36.3 Å². The molecule has 0 unspecified atom stereocenters. The summed E-state index contributed by atoms with van der Waals surface area (Å²) < 4.78 is 37.3. The number of halogens is 2. The van der Waals surface area contributed by atoms with Crippen molar-refractivity contribution in [1.29, 1.82) is 5.26 Å². The van der Waals surface area contributed by atoms with Gasteiger partial charge in [0, 0.05) is 30.3 Å². The van der Waals surface area contributed by atoms with E-state index in [1.54, 1.807) is 21.8 Å². The fourth-order valence-electron chi connectivity index (χ4n) is 4.35. The van der Waals surface area contributed by atoms with Crippen molar-refractivity contribution in [3.63, 3.8) is 0 Å². The number of aryl methyl sites for hydroxylation is 2. The van der Waals surface area contributed by atoms with Crippen molar-refractivity contribution in [3.05, 3.63) is 64.9 Å². The second kappa shape index (κ2) is 7.71. The quantitative estimate of drug-likeness (QED) is 0.464. The summed E-state index contributed by atoms with van der Waals surface area (Å²) in [7, 11) is 1.84. The van der Waals surface area contributed by atoms with Gasteiger partial charge in [-0.25, -0.2) is 13.5 Å². The minimum atomic E-state index is -2.73. The van der Waals surface area contributed by atoms with Crippen LogP contribution in [0.5, 0.6) is 5.75 Å². The molecule has 4 aromatic rings. The van der Waals surface area contributed by atoms with Crippen LogP contribution in [0, 0.1) is 18.3 Å². The van der Waals surface area contributed by atoms with Crippen LogP contribution >= 0.6 is 0 Å². The molecule has 162 valence electrons. The molecule has 7 nitrogen and oxygen atoms in total. The molecule has 0 saturated heterocycles. The summed E-state index contributed by atoms with van der Waals surface area (Å²) in [6, 6.07) is 5.75. The fourth-order valence-corrected chi connectivity index (χ4v) is 4.35. The first-order chi connectivity index (χ1) is 15.5. The molecule has 0 radical (unpaired) electrons. The van der Waals surface area contributed by atoms with Crippen LogP contribution in [0.1, 0.15) is 53.3 Å². The van der Waals surface area contributed by atoms with Gasteiger partial charge in [-0.1, -0.05) is 0 Å². The van der Waals surface area contributed by atoms with Crippen molar-refractivity contribution < 1.29 is 13.5 Å². The Morgan fingerprint density at radius 3 is 2.78 bits per heavy atom. The largest absolute Gasteiger partial charge is 0.484 e. The first-order valence-corrected chi connectivity index (χ1v) is 10.3. The molecule has 0 fully saturated rings. The van der Waals surface area contributed by atoms with Gasteiger partial charge in [0.25, 0.3) is 6.43 Å². The lowest BCUT2D eigenvalue weighted by Crippen LogP contribution is -2.20. The average Bonchev–Trinajstić information content (AvgIpc) is 3.38. The Labute approximate surface area is 182 Å². The molecule has 0 amide bonds. The SMILES string of the molecule is Cc1cc2cnn(-c3cnn(C)c3)c2cc1O[C@H]1CCCc2c1ncc(C#N)c2C(F)F. The summed E-state index contributed by atoms with van der Waals surface area (Å²) in [5.74, 6) is 0.644. The number of nitriles is 1. The van der Waals surface area contributed by atoms with Crippen LogP contribution in [-0.2, 0) is 13.5 Å². The van der Waals surface area contributed by atoms with E-state index in [4.69, 9.17) is 4.74 Å². The first-order valence-electron chi connectivity index (χ1n) is 10.3. The molecule has 32 heavy (non-hydrogen) atoms. The maximum atomic E-state index is 13.7. The number of rotatable bonds is 4. The van der Waals surface area contributed by atoms with E-state index in [1.807, 2.05) is 38.4 Å². The number of ether oxygens (including phenoxy) is 1. The number of alkyl halides is 2. The number of benzene rings is 1. The highest BCUT2D eigenvalue weighted by Gasteiger charge is 2.30. The minimum Gasteiger partial charge on any atom is -0.484 e. The van der Waals surface area contributed by atoms with Gasteiger partial charge in [0.05, 0.1) is 35.4 Å². The Morgan fingerprint density at radius 1 is 1.22 bits per heavy atom. The second-order valence-corrected chi connectivity index (χ2v) is 7.97. The van der Waals surface area contributed by atoms with E-state index in [0.717, 1.165) is 22.2 Å². The second-order valence-electron chi connectivity index (χ2n) is 7.97. The smallest absolute Gasteiger partial charge is 0.265 e. The lowest BCUT2D eigenvalue weighted by molar-refractivity contribution is 0.145. The third-order valence-electron chi connectivity index (χ3n) is 5.86. The highest BCUT2D eigenvalue weighted by Crippen LogP contribution is 2.39. The highest BCUT2D eigenvalue weighted by molar-refractivity contribution is 5.83. The zero-order valence-corrected chi connectivity index (χ0v) is 17.6. The lowest BCUT2D eigenvalue weighted by atomic mass is 9.88. The molecule has 5 rings (SSSR count). The zero-order chi connectivity index (χ0) is 22.4. The summed E-state index contributed by atoms with van der Waals surface area (Å²) in [6.45, 7) is 1.94. The summed E-state index contributed by atoms with van der Waals surface area (Å²) in [5.41, 5.74) is 3.24. The number of nitrogens with zero attached hydrogens (tertiary/aromatic N) is 6. The van der Waals surface area contributed by atoms with Gasteiger partial charge in [0.15, 0.2) is 0 Å². The standard InChI is InChI=1S/C23H20F2N6O/c1-13-6-14-10-29-31(16-11-28-30(2)12-16)18(14)7-20(13)32-19-5-3-4-17-21(23(24)25)15(8-26)9-27-22(17)19/h6-7,9-12,19,23H,3-5H2,1-2H3/t19-/m0/s1. The van der Waals surface area contributed by atoms with Gasteiger partial charge in [-0.2, -0.15) is 15.5 Å². The molecule has 0 N–H and O–H groups in total. The van der Waals surface area contributed by atoms with Gasteiger partial charge in [-0.3, -0.25) is 9.67 Å². The monoisotopic (exact) mass is 434 g/mol. The highest BCUT2D eigenvalue weighted by atomic mass is 19.3. The lowest BCUT2D eigenvalue weighted by Gasteiger charge is -2.28. The van der Waals surface area contributed by atoms with E-state index in [9.17, 15) is 14.0 Å².